The fourth-order valence-electron chi connectivity index (χ4n) is 2.66. The van der Waals surface area contributed by atoms with Gasteiger partial charge in [-0.15, -0.1) is 0 Å². The van der Waals surface area contributed by atoms with E-state index in [1.54, 1.807) is 0 Å². The zero-order chi connectivity index (χ0) is 17.8. The highest BCUT2D eigenvalue weighted by molar-refractivity contribution is 6.03. The van der Waals surface area contributed by atoms with Gasteiger partial charge in [-0.1, -0.05) is 41.5 Å². The van der Waals surface area contributed by atoms with Gasteiger partial charge in [-0.25, -0.2) is 0 Å². The average Bonchev–Trinajstić information content (AvgIpc) is 2.64. The van der Waals surface area contributed by atoms with E-state index in [1.807, 2.05) is 20.8 Å². The predicted octanol–water partition coefficient (Wildman–Crippen LogP) is 2.74. The van der Waals surface area contributed by atoms with E-state index in [0.29, 0.717) is 32.4 Å². The molecular formula is C18H32N2O3. The lowest BCUT2D eigenvalue weighted by Gasteiger charge is -2.24. The van der Waals surface area contributed by atoms with Crippen molar-refractivity contribution in [3.05, 3.63) is 0 Å². The molecule has 1 N–H and O–H groups in total. The molecule has 0 aliphatic carbocycles. The van der Waals surface area contributed by atoms with Crippen LogP contribution in [0, 0.1) is 16.7 Å². The molecule has 3 amide bonds. The van der Waals surface area contributed by atoms with Crippen LogP contribution in [0.15, 0.2) is 0 Å². The van der Waals surface area contributed by atoms with Gasteiger partial charge in [0.15, 0.2) is 0 Å². The van der Waals surface area contributed by atoms with E-state index in [2.05, 4.69) is 26.1 Å². The van der Waals surface area contributed by atoms with E-state index in [0.717, 1.165) is 6.42 Å². The van der Waals surface area contributed by atoms with Gasteiger partial charge in [-0.05, 0) is 23.7 Å². The minimum Gasteiger partial charge on any atom is -0.356 e. The second-order valence-corrected chi connectivity index (χ2v) is 8.77. The van der Waals surface area contributed by atoms with Crippen LogP contribution in [0.4, 0.5) is 0 Å². The lowest BCUT2D eigenvalue weighted by Crippen LogP contribution is -2.35. The number of nitrogens with one attached hydrogen (secondary N) is 1. The van der Waals surface area contributed by atoms with E-state index in [-0.39, 0.29) is 34.5 Å². The summed E-state index contributed by atoms with van der Waals surface area (Å²) in [6, 6.07) is 0. The first-order valence-corrected chi connectivity index (χ1v) is 8.53. The maximum absolute atomic E-state index is 12.3. The van der Waals surface area contributed by atoms with Gasteiger partial charge in [-0.3, -0.25) is 19.3 Å². The van der Waals surface area contributed by atoms with Crippen molar-refractivity contribution in [1.29, 1.82) is 0 Å². The third-order valence-corrected chi connectivity index (χ3v) is 4.27. The molecule has 0 aromatic carbocycles. The Morgan fingerprint density at radius 3 is 2.26 bits per heavy atom. The van der Waals surface area contributed by atoms with E-state index in [4.69, 9.17) is 0 Å². The highest BCUT2D eigenvalue weighted by Crippen LogP contribution is 2.35. The van der Waals surface area contributed by atoms with E-state index in [1.165, 1.54) is 4.90 Å². The second-order valence-electron chi connectivity index (χ2n) is 8.77. The molecule has 0 aromatic heterocycles. The molecule has 0 radical (unpaired) electrons. The lowest BCUT2D eigenvalue weighted by molar-refractivity contribution is -0.140. The Morgan fingerprint density at radius 2 is 1.78 bits per heavy atom. The molecule has 0 spiro atoms. The Kier molecular flexibility index (Phi) is 6.37. The first kappa shape index (κ1) is 19.7. The Balaban J connectivity index is 2.34. The first-order chi connectivity index (χ1) is 10.4. The Labute approximate surface area is 140 Å². The number of rotatable bonds is 6. The average molecular weight is 324 g/mol. The molecule has 5 heteroatoms. The fraction of sp³-hybridized carbons (Fsp3) is 0.833. The number of hydrogen-bond acceptors (Lipinski definition) is 3. The highest BCUT2D eigenvalue weighted by atomic mass is 16.2. The van der Waals surface area contributed by atoms with Gasteiger partial charge in [0.05, 0.1) is 5.92 Å². The monoisotopic (exact) mass is 324 g/mol. The maximum atomic E-state index is 12.3. The first-order valence-electron chi connectivity index (χ1n) is 8.53. The summed E-state index contributed by atoms with van der Waals surface area (Å²) in [6.07, 6.45) is 2.09. The lowest BCUT2D eigenvalue weighted by atomic mass is 9.80. The van der Waals surface area contributed by atoms with Gasteiger partial charge in [0, 0.05) is 25.9 Å². The van der Waals surface area contributed by atoms with Crippen LogP contribution in [0.25, 0.3) is 0 Å². The summed E-state index contributed by atoms with van der Waals surface area (Å²) in [5, 5.41) is 2.89. The second kappa shape index (κ2) is 7.45. The van der Waals surface area contributed by atoms with Crippen molar-refractivity contribution in [3.8, 4) is 0 Å². The van der Waals surface area contributed by atoms with Gasteiger partial charge in [0.25, 0.3) is 0 Å². The quantitative estimate of drug-likeness (QED) is 0.764. The SMILES string of the molecule is CC(C)(C)CCNC(=O)CCCN1C(=O)CC(C(C)(C)C)C1=O. The molecule has 5 nitrogen and oxygen atoms in total. The molecule has 1 rings (SSSR count). The van der Waals surface area contributed by atoms with Crippen molar-refractivity contribution < 1.29 is 14.4 Å². The molecule has 0 bridgehead atoms. The van der Waals surface area contributed by atoms with Crippen LogP contribution in [-0.4, -0.2) is 35.7 Å². The molecule has 1 fully saturated rings. The van der Waals surface area contributed by atoms with Gasteiger partial charge in [0.1, 0.15) is 0 Å². The summed E-state index contributed by atoms with van der Waals surface area (Å²) in [5.74, 6) is -0.449. The molecule has 23 heavy (non-hydrogen) atoms. The van der Waals surface area contributed by atoms with Crippen LogP contribution in [-0.2, 0) is 14.4 Å². The van der Waals surface area contributed by atoms with Crippen molar-refractivity contribution in [2.75, 3.05) is 13.1 Å². The minimum atomic E-state index is -0.240. The molecular weight excluding hydrogens is 292 g/mol. The standard InChI is InChI=1S/C18H32N2O3/c1-17(2,3)9-10-19-14(21)8-7-11-20-15(22)12-13(16(20)23)18(4,5)6/h13H,7-12H2,1-6H3,(H,19,21). The zero-order valence-electron chi connectivity index (χ0n) is 15.5. The topological polar surface area (TPSA) is 66.5 Å². The van der Waals surface area contributed by atoms with Gasteiger partial charge in [0.2, 0.25) is 17.7 Å². The van der Waals surface area contributed by atoms with E-state index < -0.39 is 0 Å². The Morgan fingerprint density at radius 1 is 1.17 bits per heavy atom. The number of nitrogens with zero attached hydrogens (tertiary/aromatic N) is 1. The van der Waals surface area contributed by atoms with Crippen LogP contribution in [0.2, 0.25) is 0 Å². The summed E-state index contributed by atoms with van der Waals surface area (Å²) in [4.78, 5) is 37.5. The largest absolute Gasteiger partial charge is 0.356 e. The molecule has 1 saturated heterocycles. The predicted molar refractivity (Wildman–Crippen MR) is 90.6 cm³/mol. The number of hydrogen-bond donors (Lipinski definition) is 1. The third-order valence-electron chi connectivity index (χ3n) is 4.27. The van der Waals surface area contributed by atoms with Crippen LogP contribution < -0.4 is 5.32 Å². The zero-order valence-corrected chi connectivity index (χ0v) is 15.5. The van der Waals surface area contributed by atoms with Gasteiger partial charge in [-0.2, -0.15) is 0 Å². The molecule has 1 aliphatic heterocycles. The van der Waals surface area contributed by atoms with E-state index >= 15 is 0 Å². The fourth-order valence-corrected chi connectivity index (χ4v) is 2.66. The third kappa shape index (κ3) is 6.32. The highest BCUT2D eigenvalue weighted by Gasteiger charge is 2.44. The number of carbonyl (C=O) groups excluding carboxylic acids is 3. The molecule has 1 unspecified atom stereocenters. The number of carbonyl (C=O) groups is 3. The molecule has 1 heterocycles. The number of likely N-dealkylation sites (tertiary alicyclic amines) is 1. The van der Waals surface area contributed by atoms with Crippen molar-refractivity contribution in [2.45, 2.75) is 67.2 Å². The molecule has 132 valence electrons. The van der Waals surface area contributed by atoms with Gasteiger partial charge >= 0.3 is 0 Å². The van der Waals surface area contributed by atoms with Crippen molar-refractivity contribution >= 4 is 17.7 Å². The van der Waals surface area contributed by atoms with E-state index in [9.17, 15) is 14.4 Å². The summed E-state index contributed by atoms with van der Waals surface area (Å²) < 4.78 is 0. The van der Waals surface area contributed by atoms with Crippen molar-refractivity contribution in [1.82, 2.24) is 10.2 Å². The molecule has 1 aliphatic rings. The van der Waals surface area contributed by atoms with Crippen molar-refractivity contribution in [3.63, 3.8) is 0 Å². The summed E-state index contributed by atoms with van der Waals surface area (Å²) in [6.45, 7) is 13.4. The summed E-state index contributed by atoms with van der Waals surface area (Å²) >= 11 is 0. The van der Waals surface area contributed by atoms with Crippen molar-refractivity contribution in [2.24, 2.45) is 16.7 Å². The summed E-state index contributed by atoms with van der Waals surface area (Å²) in [5.41, 5.74) is -0.00450. The molecule has 0 saturated carbocycles. The van der Waals surface area contributed by atoms with Crippen LogP contribution in [0.5, 0.6) is 0 Å². The Bertz CT molecular complexity index is 458. The van der Waals surface area contributed by atoms with Crippen LogP contribution in [0.1, 0.15) is 67.2 Å². The smallest absolute Gasteiger partial charge is 0.233 e. The van der Waals surface area contributed by atoms with Gasteiger partial charge < -0.3 is 5.32 Å². The minimum absolute atomic E-state index is 0.0132. The molecule has 0 aromatic rings. The van der Waals surface area contributed by atoms with Crippen LogP contribution >= 0.6 is 0 Å². The normalized spacial score (nSPS) is 19.4. The van der Waals surface area contributed by atoms with Crippen LogP contribution in [0.3, 0.4) is 0 Å². The number of imide groups is 1. The maximum Gasteiger partial charge on any atom is 0.233 e. The molecule has 1 atom stereocenters. The summed E-state index contributed by atoms with van der Waals surface area (Å²) in [7, 11) is 0. The Hall–Kier alpha value is -1.39. The number of amides is 3.